The van der Waals surface area contributed by atoms with E-state index in [0.29, 0.717) is 56.3 Å². The van der Waals surface area contributed by atoms with Crippen LogP contribution in [0.25, 0.3) is 0 Å². The van der Waals surface area contributed by atoms with Crippen LogP contribution in [-0.4, -0.2) is 88.9 Å². The molecule has 0 aliphatic carbocycles. The summed E-state index contributed by atoms with van der Waals surface area (Å²) in [5.41, 5.74) is -0.421. The van der Waals surface area contributed by atoms with Gasteiger partial charge in [0.25, 0.3) is 0 Å². The average molecular weight is 633 g/mol. The number of para-hydroxylation sites is 1. The van der Waals surface area contributed by atoms with Crippen LogP contribution in [0, 0.1) is 0 Å². The number of benzene rings is 2. The predicted molar refractivity (Wildman–Crippen MR) is 158 cm³/mol. The zero-order valence-electron chi connectivity index (χ0n) is 23.8. The molecule has 5 rings (SSSR count). The molecule has 2 saturated heterocycles. The highest BCUT2D eigenvalue weighted by molar-refractivity contribution is 7.89. The van der Waals surface area contributed by atoms with Gasteiger partial charge >= 0.3 is 0 Å². The van der Waals surface area contributed by atoms with Crippen LogP contribution in [0.1, 0.15) is 19.3 Å². The van der Waals surface area contributed by atoms with Gasteiger partial charge in [0.1, 0.15) is 29.1 Å². The Bertz CT molecular complexity index is 1580. The highest BCUT2D eigenvalue weighted by Crippen LogP contribution is 2.37. The van der Waals surface area contributed by atoms with Crippen molar-refractivity contribution in [3.63, 3.8) is 0 Å². The van der Waals surface area contributed by atoms with E-state index in [1.807, 2.05) is 18.2 Å². The van der Waals surface area contributed by atoms with Crippen molar-refractivity contribution in [1.29, 1.82) is 0 Å². The molecule has 2 unspecified atom stereocenters. The molecule has 3 N–H and O–H groups in total. The highest BCUT2D eigenvalue weighted by atomic mass is 32.2. The number of sulfonamides is 2. The van der Waals surface area contributed by atoms with E-state index in [0.717, 1.165) is 0 Å². The first-order chi connectivity index (χ1) is 20.6. The summed E-state index contributed by atoms with van der Waals surface area (Å²) in [7, 11) is -5.97. The number of pyridine rings is 1. The maximum absolute atomic E-state index is 13.3. The first kappa shape index (κ1) is 31.3. The van der Waals surface area contributed by atoms with Crippen LogP contribution in [0.5, 0.6) is 17.4 Å². The van der Waals surface area contributed by atoms with Gasteiger partial charge in [0.05, 0.1) is 23.3 Å². The zero-order valence-corrected chi connectivity index (χ0v) is 25.4. The van der Waals surface area contributed by atoms with Gasteiger partial charge in [0.2, 0.25) is 25.9 Å². The predicted octanol–water partition coefficient (Wildman–Crippen LogP) is 2.12. The number of piperidine rings is 1. The lowest BCUT2D eigenvalue weighted by atomic mass is 9.88. The molecule has 232 valence electrons. The number of nitrogens with one attached hydrogen (secondary N) is 2. The molecule has 0 amide bonds. The van der Waals surface area contributed by atoms with Gasteiger partial charge in [-0.3, -0.25) is 0 Å². The topological polar surface area (TPSA) is 156 Å². The molecule has 1 spiro atoms. The molecule has 0 radical (unpaired) electrons. The molecule has 2 aliphatic rings. The molecule has 12 nitrogen and oxygen atoms in total. The maximum atomic E-state index is 13.3. The third-order valence-corrected chi connectivity index (χ3v) is 10.9. The minimum absolute atomic E-state index is 0.00302. The minimum Gasteiger partial charge on any atom is -0.491 e. The Balaban J connectivity index is 1.07. The van der Waals surface area contributed by atoms with Crippen LogP contribution in [0.4, 0.5) is 0 Å². The Morgan fingerprint density at radius 1 is 1.02 bits per heavy atom. The van der Waals surface area contributed by atoms with Gasteiger partial charge in [-0.15, -0.1) is 0 Å². The molecule has 14 heteroatoms. The number of aliphatic hydroxyl groups is 1. The van der Waals surface area contributed by atoms with Crippen LogP contribution in [0.15, 0.2) is 82.7 Å². The summed E-state index contributed by atoms with van der Waals surface area (Å²) in [5.74, 6) is 1.27. The molecule has 2 atom stereocenters. The summed E-state index contributed by atoms with van der Waals surface area (Å²) in [4.78, 5) is 4.37. The molecule has 0 bridgehead atoms. The third kappa shape index (κ3) is 7.70. The molecule has 2 aromatic carbocycles. The lowest BCUT2D eigenvalue weighted by molar-refractivity contribution is -0.0312. The average Bonchev–Trinajstić information content (AvgIpc) is 3.42. The van der Waals surface area contributed by atoms with E-state index in [1.165, 1.54) is 35.7 Å². The quantitative estimate of drug-likeness (QED) is 0.270. The van der Waals surface area contributed by atoms with E-state index in [9.17, 15) is 21.9 Å². The standard InChI is InChI=1S/C29H36N4O8S2/c1-30-42(35,36)26-9-5-8-25(16-26)39-21-23(34)18-31-22-17-29(40-20-22)12-14-33(15-13-29)43(37,38)27-10-11-28(32-19-27)41-24-6-3-2-4-7-24/h2-11,16,19,22-23,30-31,34H,12-15,17-18,20-21H2,1H3. The van der Waals surface area contributed by atoms with Crippen molar-refractivity contribution in [3.05, 3.63) is 72.9 Å². The molecule has 43 heavy (non-hydrogen) atoms. The van der Waals surface area contributed by atoms with E-state index in [2.05, 4.69) is 15.0 Å². The lowest BCUT2D eigenvalue weighted by Crippen LogP contribution is -2.47. The highest BCUT2D eigenvalue weighted by Gasteiger charge is 2.44. The molecule has 3 heterocycles. The van der Waals surface area contributed by atoms with Crippen LogP contribution in [-0.2, 0) is 24.8 Å². The fraction of sp³-hybridized carbons (Fsp3) is 0.414. The smallest absolute Gasteiger partial charge is 0.244 e. The SMILES string of the molecule is CNS(=O)(=O)c1cccc(OCC(O)CNC2COC3(CCN(S(=O)(=O)c4ccc(Oc5ccccc5)nc4)CC3)C2)c1. The van der Waals surface area contributed by atoms with E-state index in [-0.39, 0.29) is 29.0 Å². The summed E-state index contributed by atoms with van der Waals surface area (Å²) < 4.78 is 71.7. The first-order valence-corrected chi connectivity index (χ1v) is 16.9. The lowest BCUT2D eigenvalue weighted by Gasteiger charge is -2.38. The summed E-state index contributed by atoms with van der Waals surface area (Å²) in [5, 5.41) is 13.7. The molecule has 2 fully saturated rings. The maximum Gasteiger partial charge on any atom is 0.244 e. The van der Waals surface area contributed by atoms with Crippen molar-refractivity contribution in [2.75, 3.05) is 39.9 Å². The Labute approximate surface area is 252 Å². The van der Waals surface area contributed by atoms with Crippen molar-refractivity contribution < 1.29 is 36.2 Å². The number of nitrogens with zero attached hydrogens (tertiary/aromatic N) is 2. The number of rotatable bonds is 12. The van der Waals surface area contributed by atoms with Crippen LogP contribution in [0.3, 0.4) is 0 Å². The fourth-order valence-corrected chi connectivity index (χ4v) is 7.35. The molecule has 1 aromatic heterocycles. The van der Waals surface area contributed by atoms with Crippen LogP contribution in [0.2, 0.25) is 0 Å². The first-order valence-electron chi connectivity index (χ1n) is 14.0. The Hall–Kier alpha value is -3.11. The fourth-order valence-electron chi connectivity index (χ4n) is 5.20. The van der Waals surface area contributed by atoms with Crippen molar-refractivity contribution in [2.45, 2.75) is 46.8 Å². The van der Waals surface area contributed by atoms with Crippen molar-refractivity contribution >= 4 is 20.0 Å². The summed E-state index contributed by atoms with van der Waals surface area (Å²) in [6.07, 6.45) is 2.31. The van der Waals surface area contributed by atoms with Gasteiger partial charge in [-0.1, -0.05) is 24.3 Å². The van der Waals surface area contributed by atoms with E-state index >= 15 is 0 Å². The van der Waals surface area contributed by atoms with Gasteiger partial charge < -0.3 is 24.6 Å². The summed E-state index contributed by atoms with van der Waals surface area (Å²) >= 11 is 0. The van der Waals surface area contributed by atoms with Gasteiger partial charge in [0, 0.05) is 37.8 Å². The molecule has 3 aromatic rings. The molecule has 2 aliphatic heterocycles. The normalized spacial score (nSPS) is 19.7. The van der Waals surface area contributed by atoms with Gasteiger partial charge in [0.15, 0.2) is 0 Å². The largest absolute Gasteiger partial charge is 0.491 e. The number of aromatic nitrogens is 1. The van der Waals surface area contributed by atoms with Crippen molar-refractivity contribution in [3.8, 4) is 17.4 Å². The van der Waals surface area contributed by atoms with E-state index in [1.54, 1.807) is 30.3 Å². The second kappa shape index (κ2) is 13.3. The van der Waals surface area contributed by atoms with Gasteiger partial charge in [-0.2, -0.15) is 4.31 Å². The second-order valence-electron chi connectivity index (χ2n) is 10.6. The second-order valence-corrected chi connectivity index (χ2v) is 14.4. The Morgan fingerprint density at radius 3 is 2.47 bits per heavy atom. The summed E-state index contributed by atoms with van der Waals surface area (Å²) in [6, 6.07) is 18.3. The Morgan fingerprint density at radius 2 is 1.77 bits per heavy atom. The number of hydrogen-bond donors (Lipinski definition) is 3. The monoisotopic (exact) mass is 632 g/mol. The summed E-state index contributed by atoms with van der Waals surface area (Å²) in [6.45, 7) is 1.36. The molecule has 0 saturated carbocycles. The van der Waals surface area contributed by atoms with Crippen molar-refractivity contribution in [1.82, 2.24) is 19.3 Å². The third-order valence-electron chi connectivity index (χ3n) is 7.62. The Kier molecular flexibility index (Phi) is 9.66. The van der Waals surface area contributed by atoms with Gasteiger partial charge in [-0.25, -0.2) is 26.5 Å². The molecular formula is C29H36N4O8S2. The number of hydrogen-bond acceptors (Lipinski definition) is 10. The van der Waals surface area contributed by atoms with E-state index in [4.69, 9.17) is 14.2 Å². The molecular weight excluding hydrogens is 596 g/mol. The van der Waals surface area contributed by atoms with Crippen LogP contribution >= 0.6 is 0 Å². The number of ether oxygens (including phenoxy) is 3. The van der Waals surface area contributed by atoms with E-state index < -0.39 is 31.8 Å². The minimum atomic E-state index is -3.71. The van der Waals surface area contributed by atoms with Crippen LogP contribution < -0.4 is 19.5 Å². The number of aliphatic hydroxyl groups excluding tert-OH is 1. The zero-order chi connectivity index (χ0) is 30.5. The van der Waals surface area contributed by atoms with Gasteiger partial charge in [-0.05, 0) is 56.6 Å². The van der Waals surface area contributed by atoms with Crippen molar-refractivity contribution in [2.24, 2.45) is 0 Å².